The average Bonchev–Trinajstić information content (AvgIpc) is 3.38. The number of esters is 1. The predicted octanol–water partition coefficient (Wildman–Crippen LogP) is 8.88. The van der Waals surface area contributed by atoms with Crippen molar-refractivity contribution in [1.82, 2.24) is 4.90 Å². The predicted molar refractivity (Wildman–Crippen MR) is 167 cm³/mol. The third kappa shape index (κ3) is 7.69. The molecule has 1 aliphatic carbocycles. The average molecular weight is 576 g/mol. The van der Waals surface area contributed by atoms with Crippen molar-refractivity contribution < 1.29 is 25.0 Å². The summed E-state index contributed by atoms with van der Waals surface area (Å²) in [5, 5.41) is 0.531. The molecule has 0 spiro atoms. The van der Waals surface area contributed by atoms with Crippen LogP contribution in [-0.2, 0) is 9.53 Å². The van der Waals surface area contributed by atoms with Crippen LogP contribution in [-0.4, -0.2) is 54.2 Å². The highest BCUT2D eigenvalue weighted by Gasteiger charge is 2.49. The number of benzene rings is 2. The van der Waals surface area contributed by atoms with Crippen LogP contribution in [0, 0.1) is 0 Å². The molecule has 0 amide bonds. The fourth-order valence-corrected chi connectivity index (χ4v) is 6.52. The minimum absolute atomic E-state index is 0.214. The Morgan fingerprint density at radius 1 is 1.07 bits per heavy atom. The van der Waals surface area contributed by atoms with Gasteiger partial charge in [-0.05, 0) is 55.5 Å². The summed E-state index contributed by atoms with van der Waals surface area (Å²) in [6.45, 7) is 4.36. The molecule has 40 heavy (non-hydrogen) atoms. The van der Waals surface area contributed by atoms with Gasteiger partial charge in [-0.2, -0.15) is 0 Å². The molecule has 0 saturated carbocycles. The summed E-state index contributed by atoms with van der Waals surface area (Å²) in [5.74, 6) is -0.816. The molecule has 0 unspecified atom stereocenters. The first-order valence-electron chi connectivity index (χ1n) is 19.2. The molecule has 4 rings (SSSR count). The number of unbranched alkanes of at least 4 members (excludes halogenated alkanes) is 8. The molecule has 2 aromatic carbocycles. The van der Waals surface area contributed by atoms with Gasteiger partial charge in [0.25, 0.3) is 0 Å². The van der Waals surface area contributed by atoms with E-state index >= 15 is 0 Å². The molecule has 1 saturated heterocycles. The van der Waals surface area contributed by atoms with Gasteiger partial charge in [0.15, 0.2) is 0 Å². The second-order valence-electron chi connectivity index (χ2n) is 12.3. The van der Waals surface area contributed by atoms with Crippen LogP contribution in [0.1, 0.15) is 131 Å². The third-order valence-electron chi connectivity index (χ3n) is 9.00. The van der Waals surface area contributed by atoms with Crippen molar-refractivity contribution in [3.63, 3.8) is 0 Å². The van der Waals surface area contributed by atoms with Crippen LogP contribution in [0.4, 0.5) is 0 Å². The number of fused-ring (bicyclic) bond motifs is 1. The highest BCUT2D eigenvalue weighted by atomic mass is 35.5. The zero-order chi connectivity index (χ0) is 35.4. The molecule has 4 nitrogen and oxygen atoms in total. The fraction of sp³-hybridized carbons (Fsp3) is 0.629. The molecule has 220 valence electrons. The maximum absolute atomic E-state index is 12.8. The summed E-state index contributed by atoms with van der Waals surface area (Å²) >= 11 is 6.47. The first kappa shape index (κ1) is 21.8. The van der Waals surface area contributed by atoms with Crippen molar-refractivity contribution in [2.45, 2.75) is 109 Å². The Hall–Kier alpha value is -1.88. The van der Waals surface area contributed by atoms with Crippen molar-refractivity contribution in [1.29, 1.82) is 0 Å². The zero-order valence-corrected chi connectivity index (χ0v) is 25.3. The summed E-state index contributed by atoms with van der Waals surface area (Å²) in [7, 11) is 0. The number of piperazine rings is 1. The summed E-state index contributed by atoms with van der Waals surface area (Å²) in [6, 6.07) is 3.70. The monoisotopic (exact) mass is 575 g/mol. The normalized spacial score (nSPS) is 27.3. The van der Waals surface area contributed by atoms with E-state index in [0.717, 1.165) is 30.4 Å². The van der Waals surface area contributed by atoms with Gasteiger partial charge in [0.2, 0.25) is 6.73 Å². The Labute approximate surface area is 259 Å². The zero-order valence-electron chi connectivity index (χ0n) is 32.6. The van der Waals surface area contributed by atoms with Crippen LogP contribution in [0.3, 0.4) is 0 Å². The van der Waals surface area contributed by atoms with Crippen LogP contribution in [0.5, 0.6) is 0 Å². The molecule has 0 N–H and O–H groups in total. The smallest absolute Gasteiger partial charge is 0.310 e. The molecule has 2 aliphatic rings. The quantitative estimate of drug-likeness (QED) is 0.128. The fourth-order valence-electron chi connectivity index (χ4n) is 6.33. The lowest BCUT2D eigenvalue weighted by Gasteiger charge is -2.53. The Kier molecular flexibility index (Phi) is 7.80. The second kappa shape index (κ2) is 14.3. The van der Waals surface area contributed by atoms with Gasteiger partial charge in [-0.3, -0.25) is 14.2 Å². The van der Waals surface area contributed by atoms with E-state index in [1.54, 1.807) is 6.07 Å². The summed E-state index contributed by atoms with van der Waals surface area (Å²) in [4.78, 5) is 15.0. The summed E-state index contributed by atoms with van der Waals surface area (Å²) in [6.07, 6.45) is 11.0. The largest absolute Gasteiger partial charge is 0.415 e. The molecule has 0 radical (unpaired) electrons. The number of nitrogens with zero attached hydrogens (tertiary/aromatic N) is 2. The number of rotatable bonds is 14. The van der Waals surface area contributed by atoms with E-state index < -0.39 is 24.5 Å². The number of likely N-dealkylation sites (N-methyl/N-ethyl adjacent to an activating group) is 1. The van der Waals surface area contributed by atoms with Gasteiger partial charge in [-0.15, -0.1) is 0 Å². The van der Waals surface area contributed by atoms with E-state index in [4.69, 9.17) is 27.3 Å². The molecule has 1 aliphatic heterocycles. The Morgan fingerprint density at radius 2 is 1.77 bits per heavy atom. The first-order valence-corrected chi connectivity index (χ1v) is 15.6. The van der Waals surface area contributed by atoms with E-state index in [1.807, 2.05) is 26.0 Å². The van der Waals surface area contributed by atoms with E-state index in [0.29, 0.717) is 24.5 Å². The number of hydrogen-bond acceptors (Lipinski definition) is 3. The first-order chi connectivity index (χ1) is 22.6. The summed E-state index contributed by atoms with van der Waals surface area (Å²) < 4.78 is 73.0. The molecule has 1 fully saturated rings. The number of halogens is 1. The molecule has 2 aromatic rings. The summed E-state index contributed by atoms with van der Waals surface area (Å²) in [5.41, 5.74) is 1.19. The van der Waals surface area contributed by atoms with Gasteiger partial charge in [-0.25, -0.2) is 0 Å². The van der Waals surface area contributed by atoms with Gasteiger partial charge in [0.05, 0.1) is 31.0 Å². The Bertz CT molecular complexity index is 1420. The van der Waals surface area contributed by atoms with Crippen LogP contribution in [0.25, 0.3) is 0 Å². The van der Waals surface area contributed by atoms with E-state index in [2.05, 4.69) is 11.8 Å². The lowest BCUT2D eigenvalue weighted by atomic mass is 9.92. The van der Waals surface area contributed by atoms with Crippen LogP contribution in [0.15, 0.2) is 48.4 Å². The van der Waals surface area contributed by atoms with E-state index in [9.17, 15) is 4.79 Å². The minimum Gasteiger partial charge on any atom is -0.415 e. The standard InChI is InChI=1S/C35H52ClN2O2/c1-5-6-7-8-9-10-11-12-16-19-34(39)40-27-38(4)23-22-37(26-35(38,2)3)33-25-31(28-17-14-13-15-18-28)30-21-20-29(36)24-32(30)33/h13-15,17-18,20-21,24,31,33H,5-12,16,19,22-23,25-27H2,1-4H3/q+1/t31-,33+,38+/m0/s1/i4D3,13D,14D,15D,17D,18D. The van der Waals surface area contributed by atoms with E-state index in [1.165, 1.54) is 38.5 Å². The second-order valence-corrected chi connectivity index (χ2v) is 12.8. The maximum Gasteiger partial charge on any atom is 0.310 e. The number of carbonyl (C=O) groups is 1. The number of carbonyl (C=O) groups excluding carboxylic acids is 1. The van der Waals surface area contributed by atoms with E-state index in [-0.39, 0.29) is 65.9 Å². The highest BCUT2D eigenvalue weighted by molar-refractivity contribution is 6.30. The topological polar surface area (TPSA) is 29.5 Å². The lowest BCUT2D eigenvalue weighted by Crippen LogP contribution is -2.70. The van der Waals surface area contributed by atoms with Crippen molar-refractivity contribution >= 4 is 17.6 Å². The Balaban J connectivity index is 1.47. The number of hydrogen-bond donors (Lipinski definition) is 0. The molecular weight excluding hydrogens is 516 g/mol. The van der Waals surface area contributed by atoms with Gasteiger partial charge in [0.1, 0.15) is 5.54 Å². The van der Waals surface area contributed by atoms with Crippen LogP contribution >= 0.6 is 11.6 Å². The van der Waals surface area contributed by atoms with Gasteiger partial charge in [0, 0.05) is 29.9 Å². The van der Waals surface area contributed by atoms with Crippen LogP contribution in [0.2, 0.25) is 5.02 Å². The molecular formula is C35H52ClN2O2+. The number of quaternary nitrogens is 1. The molecule has 1 heterocycles. The van der Waals surface area contributed by atoms with Crippen LogP contribution < -0.4 is 0 Å². The minimum atomic E-state index is -2.43. The Morgan fingerprint density at radius 3 is 2.45 bits per heavy atom. The highest BCUT2D eigenvalue weighted by Crippen LogP contribution is 2.48. The van der Waals surface area contributed by atoms with Crippen molar-refractivity contribution in [2.75, 3.05) is 33.3 Å². The molecule has 0 aromatic heterocycles. The van der Waals surface area contributed by atoms with Crippen molar-refractivity contribution in [3.05, 3.63) is 70.1 Å². The number of ether oxygens (including phenoxy) is 1. The maximum atomic E-state index is 12.8. The molecule has 0 bridgehead atoms. The van der Waals surface area contributed by atoms with Crippen molar-refractivity contribution in [2.24, 2.45) is 0 Å². The molecule has 3 atom stereocenters. The lowest BCUT2D eigenvalue weighted by molar-refractivity contribution is -0.974. The third-order valence-corrected chi connectivity index (χ3v) is 9.23. The SMILES string of the molecule is [2H]c1c([2H])c([2H])c([C@@H]2C[C@@H](N3CC[N@@+](COC(=O)CCCCCCCCCCC)(C([2H])([2H])[2H])C(C)(C)C3)c3cc(Cl)ccc32)c([2H])c1[2H]. The van der Waals surface area contributed by atoms with Gasteiger partial charge >= 0.3 is 5.97 Å². The van der Waals surface area contributed by atoms with Gasteiger partial charge in [-0.1, -0.05) is 106 Å². The van der Waals surface area contributed by atoms with Gasteiger partial charge < -0.3 is 4.74 Å². The van der Waals surface area contributed by atoms with Crippen molar-refractivity contribution in [3.8, 4) is 0 Å². The molecule has 5 heteroatoms.